The van der Waals surface area contributed by atoms with Gasteiger partial charge in [0.05, 0.1) is 0 Å². The molecule has 0 aliphatic rings. The van der Waals surface area contributed by atoms with Crippen LogP contribution in [0.5, 0.6) is 0 Å². The van der Waals surface area contributed by atoms with Crippen molar-refractivity contribution in [1.29, 1.82) is 0 Å². The fraction of sp³-hybridized carbons (Fsp3) is 0.353. The van der Waals surface area contributed by atoms with E-state index in [-0.39, 0.29) is 11.9 Å². The Morgan fingerprint density at radius 3 is 2.64 bits per heavy atom. The number of para-hydroxylation sites is 1. The highest BCUT2D eigenvalue weighted by Gasteiger charge is 2.12. The van der Waals surface area contributed by atoms with Crippen LogP contribution in [0.25, 0.3) is 0 Å². The van der Waals surface area contributed by atoms with Gasteiger partial charge in [0.2, 0.25) is 5.95 Å². The highest BCUT2D eigenvalue weighted by Crippen LogP contribution is 2.17. The van der Waals surface area contributed by atoms with Gasteiger partial charge in [0.25, 0.3) is 5.91 Å². The molecule has 2 N–H and O–H groups in total. The van der Waals surface area contributed by atoms with Crippen molar-refractivity contribution >= 4 is 17.5 Å². The first-order valence-electron chi connectivity index (χ1n) is 7.51. The van der Waals surface area contributed by atoms with Gasteiger partial charge < -0.3 is 10.6 Å². The lowest BCUT2D eigenvalue weighted by Gasteiger charge is -2.12. The van der Waals surface area contributed by atoms with Gasteiger partial charge in [0.1, 0.15) is 5.69 Å². The monoisotopic (exact) mass is 298 g/mol. The second kappa shape index (κ2) is 7.02. The van der Waals surface area contributed by atoms with Crippen LogP contribution in [-0.4, -0.2) is 21.9 Å². The molecule has 0 unspecified atom stereocenters. The van der Waals surface area contributed by atoms with Crippen molar-refractivity contribution in [3.8, 4) is 0 Å². The summed E-state index contributed by atoms with van der Waals surface area (Å²) < 4.78 is 0. The Labute approximate surface area is 131 Å². The van der Waals surface area contributed by atoms with Crippen molar-refractivity contribution in [1.82, 2.24) is 9.97 Å². The third kappa shape index (κ3) is 4.04. The molecule has 22 heavy (non-hydrogen) atoms. The van der Waals surface area contributed by atoms with E-state index < -0.39 is 0 Å². The number of carbonyl (C=O) groups excluding carboxylic acids is 1. The van der Waals surface area contributed by atoms with Crippen LogP contribution >= 0.6 is 0 Å². The molecule has 1 aromatic heterocycles. The fourth-order valence-corrected chi connectivity index (χ4v) is 2.14. The Kier molecular flexibility index (Phi) is 5.09. The zero-order valence-corrected chi connectivity index (χ0v) is 13.5. The molecule has 2 rings (SSSR count). The number of hydrogen-bond acceptors (Lipinski definition) is 4. The molecule has 2 aromatic rings. The predicted molar refractivity (Wildman–Crippen MR) is 89.3 cm³/mol. The Hall–Kier alpha value is -2.43. The summed E-state index contributed by atoms with van der Waals surface area (Å²) in [7, 11) is 0. The number of anilines is 2. The lowest BCUT2D eigenvalue weighted by atomic mass is 10.1. The van der Waals surface area contributed by atoms with Gasteiger partial charge in [0, 0.05) is 17.4 Å². The van der Waals surface area contributed by atoms with E-state index >= 15 is 0 Å². The summed E-state index contributed by atoms with van der Waals surface area (Å²) in [6, 6.07) is 9.68. The predicted octanol–water partition coefficient (Wildman–Crippen LogP) is 3.42. The van der Waals surface area contributed by atoms with Crippen molar-refractivity contribution in [2.75, 3.05) is 10.6 Å². The molecule has 0 saturated heterocycles. The summed E-state index contributed by atoms with van der Waals surface area (Å²) in [5, 5.41) is 6.05. The molecule has 5 nitrogen and oxygen atoms in total. The molecule has 0 atom stereocenters. The number of benzene rings is 1. The fourth-order valence-electron chi connectivity index (χ4n) is 2.14. The Bertz CT molecular complexity index is 667. The van der Waals surface area contributed by atoms with E-state index in [4.69, 9.17) is 0 Å². The smallest absolute Gasteiger partial charge is 0.274 e. The summed E-state index contributed by atoms with van der Waals surface area (Å²) >= 11 is 0. The van der Waals surface area contributed by atoms with E-state index in [9.17, 15) is 4.79 Å². The minimum atomic E-state index is -0.224. The van der Waals surface area contributed by atoms with E-state index in [0.29, 0.717) is 11.6 Å². The molecule has 0 saturated carbocycles. The number of amides is 1. The van der Waals surface area contributed by atoms with Crippen molar-refractivity contribution in [2.24, 2.45) is 0 Å². The Balaban J connectivity index is 2.24. The van der Waals surface area contributed by atoms with Gasteiger partial charge in [-0.2, -0.15) is 0 Å². The average Bonchev–Trinajstić information content (AvgIpc) is 2.46. The van der Waals surface area contributed by atoms with E-state index in [1.807, 2.05) is 45.0 Å². The lowest BCUT2D eigenvalue weighted by Crippen LogP contribution is -2.18. The number of aryl methyl sites for hydroxylation is 2. The largest absolute Gasteiger partial charge is 0.352 e. The van der Waals surface area contributed by atoms with Crippen LogP contribution in [0.3, 0.4) is 0 Å². The second-order valence-corrected chi connectivity index (χ2v) is 5.48. The summed E-state index contributed by atoms with van der Waals surface area (Å²) in [6.45, 7) is 7.92. The first kappa shape index (κ1) is 15.9. The number of nitrogens with one attached hydrogen (secondary N) is 2. The molecule has 1 aromatic carbocycles. The molecule has 0 fully saturated rings. The van der Waals surface area contributed by atoms with Gasteiger partial charge in [-0.3, -0.25) is 4.79 Å². The molecule has 0 spiro atoms. The minimum absolute atomic E-state index is 0.207. The molecular formula is C17H22N4O. The first-order chi connectivity index (χ1) is 10.5. The minimum Gasteiger partial charge on any atom is -0.352 e. The highest BCUT2D eigenvalue weighted by atomic mass is 16.1. The molecule has 1 amide bonds. The van der Waals surface area contributed by atoms with Crippen LogP contribution < -0.4 is 10.6 Å². The average molecular weight is 298 g/mol. The maximum absolute atomic E-state index is 12.4. The topological polar surface area (TPSA) is 66.9 Å². The zero-order valence-electron chi connectivity index (χ0n) is 13.5. The number of carbonyl (C=O) groups is 1. The zero-order chi connectivity index (χ0) is 16.1. The van der Waals surface area contributed by atoms with Gasteiger partial charge in [0.15, 0.2) is 0 Å². The maximum atomic E-state index is 12.4. The van der Waals surface area contributed by atoms with Crippen molar-refractivity contribution < 1.29 is 4.79 Å². The molecule has 0 aliphatic heterocycles. The normalized spacial score (nSPS) is 10.6. The Morgan fingerprint density at radius 2 is 1.95 bits per heavy atom. The van der Waals surface area contributed by atoms with E-state index in [1.54, 1.807) is 6.07 Å². The van der Waals surface area contributed by atoms with Crippen molar-refractivity contribution in [3.05, 3.63) is 47.3 Å². The molecule has 0 bridgehead atoms. The lowest BCUT2D eigenvalue weighted by molar-refractivity contribution is 0.102. The van der Waals surface area contributed by atoms with Crippen molar-refractivity contribution in [3.63, 3.8) is 0 Å². The molecule has 116 valence electrons. The summed E-state index contributed by atoms with van der Waals surface area (Å²) in [5.74, 6) is 0.252. The highest BCUT2D eigenvalue weighted by molar-refractivity contribution is 6.03. The number of rotatable bonds is 5. The van der Waals surface area contributed by atoms with E-state index in [0.717, 1.165) is 23.4 Å². The van der Waals surface area contributed by atoms with Crippen LogP contribution in [0.15, 0.2) is 30.3 Å². The van der Waals surface area contributed by atoms with Crippen LogP contribution in [0.4, 0.5) is 11.6 Å². The van der Waals surface area contributed by atoms with Gasteiger partial charge in [-0.25, -0.2) is 9.97 Å². The van der Waals surface area contributed by atoms with Crippen LogP contribution in [0, 0.1) is 6.92 Å². The van der Waals surface area contributed by atoms with E-state index in [2.05, 4.69) is 27.5 Å². The van der Waals surface area contributed by atoms with Gasteiger partial charge in [-0.05, 0) is 44.9 Å². The van der Waals surface area contributed by atoms with E-state index in [1.165, 1.54) is 0 Å². The SMILES string of the molecule is CCc1ccccc1NC(=O)c1cc(C)nc(NC(C)C)n1. The van der Waals surface area contributed by atoms with Crippen LogP contribution in [0.1, 0.15) is 42.5 Å². The van der Waals surface area contributed by atoms with Crippen LogP contribution in [0.2, 0.25) is 0 Å². The maximum Gasteiger partial charge on any atom is 0.274 e. The summed E-state index contributed by atoms with van der Waals surface area (Å²) in [5.41, 5.74) is 3.04. The molecule has 0 radical (unpaired) electrons. The van der Waals surface area contributed by atoms with Gasteiger partial charge in [-0.1, -0.05) is 25.1 Å². The summed E-state index contributed by atoms with van der Waals surface area (Å²) in [6.07, 6.45) is 0.861. The van der Waals surface area contributed by atoms with Gasteiger partial charge in [-0.15, -0.1) is 0 Å². The first-order valence-corrected chi connectivity index (χ1v) is 7.51. The molecule has 0 aliphatic carbocycles. The quantitative estimate of drug-likeness (QED) is 0.887. The standard InChI is InChI=1S/C17H22N4O/c1-5-13-8-6-7-9-14(13)20-16(22)15-10-12(4)19-17(21-15)18-11(2)3/h6-11H,5H2,1-4H3,(H,20,22)(H,18,19,21). The second-order valence-electron chi connectivity index (χ2n) is 5.48. The molecule has 1 heterocycles. The third-order valence-electron chi connectivity index (χ3n) is 3.15. The Morgan fingerprint density at radius 1 is 1.23 bits per heavy atom. The number of hydrogen-bond donors (Lipinski definition) is 2. The molecule has 5 heteroatoms. The number of nitrogens with zero attached hydrogens (tertiary/aromatic N) is 2. The number of aromatic nitrogens is 2. The van der Waals surface area contributed by atoms with Crippen molar-refractivity contribution in [2.45, 2.75) is 40.2 Å². The van der Waals surface area contributed by atoms with Crippen LogP contribution in [-0.2, 0) is 6.42 Å². The molecular weight excluding hydrogens is 276 g/mol. The summed E-state index contributed by atoms with van der Waals surface area (Å²) in [4.78, 5) is 21.0. The van der Waals surface area contributed by atoms with Gasteiger partial charge >= 0.3 is 0 Å². The third-order valence-corrected chi connectivity index (χ3v) is 3.15.